The van der Waals surface area contributed by atoms with E-state index in [0.29, 0.717) is 36.8 Å². The number of hydrogen-bond acceptors (Lipinski definition) is 8. The molecule has 8 heteroatoms. The maximum Gasteiger partial charge on any atom is 0.338 e. The van der Waals surface area contributed by atoms with Gasteiger partial charge < -0.3 is 30.3 Å². The summed E-state index contributed by atoms with van der Waals surface area (Å²) in [5, 5.41) is 55.7. The number of carbonyl (C=O) groups is 2. The molecule has 3 fully saturated rings. The molecule has 0 heterocycles. The van der Waals surface area contributed by atoms with Gasteiger partial charge in [-0.1, -0.05) is 32.0 Å². The first-order valence-electron chi connectivity index (χ1n) is 15.5. The molecule has 0 bridgehead atoms. The third kappa shape index (κ3) is 4.87. The van der Waals surface area contributed by atoms with E-state index in [9.17, 15) is 35.1 Å². The molecule has 5 rings (SSSR count). The molecule has 10 atom stereocenters. The van der Waals surface area contributed by atoms with E-state index < -0.39 is 63.8 Å². The summed E-state index contributed by atoms with van der Waals surface area (Å²) in [7, 11) is 0. The smallest absolute Gasteiger partial charge is 0.338 e. The first-order chi connectivity index (χ1) is 19.5. The third-order valence-corrected chi connectivity index (χ3v) is 11.8. The van der Waals surface area contributed by atoms with E-state index in [1.54, 1.807) is 57.2 Å². The van der Waals surface area contributed by atoms with Crippen molar-refractivity contribution in [2.75, 3.05) is 0 Å². The number of aliphatic hydroxyl groups is 5. The largest absolute Gasteiger partial charge is 0.453 e. The number of fused-ring (bicyclic) bond motifs is 5. The Morgan fingerprint density at radius 1 is 1.05 bits per heavy atom. The van der Waals surface area contributed by atoms with E-state index in [0.717, 1.165) is 0 Å². The van der Waals surface area contributed by atoms with Crippen LogP contribution in [0.1, 0.15) is 96.3 Å². The van der Waals surface area contributed by atoms with Crippen LogP contribution in [-0.2, 0) is 9.53 Å². The van der Waals surface area contributed by atoms with Gasteiger partial charge >= 0.3 is 5.97 Å². The molecule has 0 aromatic heterocycles. The first-order valence-corrected chi connectivity index (χ1v) is 15.5. The molecule has 3 saturated carbocycles. The molecule has 0 amide bonds. The van der Waals surface area contributed by atoms with Crippen molar-refractivity contribution in [3.05, 3.63) is 47.5 Å². The second kappa shape index (κ2) is 10.5. The van der Waals surface area contributed by atoms with Crippen LogP contribution in [0.3, 0.4) is 0 Å². The molecule has 4 aliphatic rings. The van der Waals surface area contributed by atoms with Crippen LogP contribution in [0.25, 0.3) is 0 Å². The Morgan fingerprint density at radius 3 is 2.36 bits per heavy atom. The molecule has 5 N–H and O–H groups in total. The van der Waals surface area contributed by atoms with Crippen molar-refractivity contribution >= 4 is 11.8 Å². The summed E-state index contributed by atoms with van der Waals surface area (Å²) in [4.78, 5) is 27.0. The molecule has 42 heavy (non-hydrogen) atoms. The van der Waals surface area contributed by atoms with Gasteiger partial charge in [-0.2, -0.15) is 0 Å². The van der Waals surface area contributed by atoms with E-state index in [1.165, 1.54) is 0 Å². The SMILES string of the molecule is CC(C)(O)CC[C@@H](O)[C@](C)(OC(=O)c1ccccc1)[C@H]1CC[C@@]2(O)C3=CC(=O)[C@@H]4C[C@@H](O)[C@@H](O)C[C@]4(C)[C@H]3CC[C@]12C. The lowest BCUT2D eigenvalue weighted by atomic mass is 9.45. The van der Waals surface area contributed by atoms with Gasteiger partial charge in [0.1, 0.15) is 5.60 Å². The van der Waals surface area contributed by atoms with E-state index in [2.05, 4.69) is 0 Å². The summed E-state index contributed by atoms with van der Waals surface area (Å²) in [5.41, 5.74) is -4.17. The summed E-state index contributed by atoms with van der Waals surface area (Å²) in [6, 6.07) is 8.62. The highest BCUT2D eigenvalue weighted by Gasteiger charge is 2.70. The number of ketones is 1. The second-order valence-electron chi connectivity index (χ2n) is 14.9. The molecule has 0 spiro atoms. The van der Waals surface area contributed by atoms with Gasteiger partial charge in [-0.05, 0) is 107 Å². The summed E-state index contributed by atoms with van der Waals surface area (Å²) in [6.07, 6.45) is 1.61. The average Bonchev–Trinajstić information content (AvgIpc) is 3.20. The second-order valence-corrected chi connectivity index (χ2v) is 14.9. The van der Waals surface area contributed by atoms with Gasteiger partial charge in [0.15, 0.2) is 5.78 Å². The van der Waals surface area contributed by atoms with E-state index in [-0.39, 0.29) is 37.4 Å². The number of esters is 1. The van der Waals surface area contributed by atoms with Gasteiger partial charge in [0.2, 0.25) is 0 Å². The fourth-order valence-electron chi connectivity index (χ4n) is 9.27. The lowest BCUT2D eigenvalue weighted by molar-refractivity contribution is -0.178. The van der Waals surface area contributed by atoms with Gasteiger partial charge in [0, 0.05) is 17.3 Å². The van der Waals surface area contributed by atoms with Crippen molar-refractivity contribution < 1.29 is 39.9 Å². The van der Waals surface area contributed by atoms with Crippen LogP contribution in [0.4, 0.5) is 0 Å². The molecule has 0 unspecified atom stereocenters. The summed E-state index contributed by atoms with van der Waals surface area (Å²) in [5.74, 6) is -1.70. The standard InChI is InChI=1S/C34H48O8/c1-30(2,40)14-13-28(38)33(5,42-29(39)20-9-7-6-8-10-20)27-12-16-34(41)22-17-24(35)23-18-25(36)26(37)19-31(23,3)21(22)11-15-32(27,34)4/h6-10,17,21,23,25-28,36-38,40-41H,11-16,18-19H2,1-5H3/t21-,23-,25+,26-,27-,28+,31+,32+,33+,34+/m0/s1. The number of allylic oxidation sites excluding steroid dienone is 1. The van der Waals surface area contributed by atoms with Gasteiger partial charge in [0.25, 0.3) is 0 Å². The Labute approximate surface area is 248 Å². The number of rotatable bonds is 7. The summed E-state index contributed by atoms with van der Waals surface area (Å²) < 4.78 is 6.25. The van der Waals surface area contributed by atoms with Crippen molar-refractivity contribution in [1.29, 1.82) is 0 Å². The van der Waals surface area contributed by atoms with Crippen molar-refractivity contribution in [2.45, 2.75) is 121 Å². The lowest BCUT2D eigenvalue weighted by Crippen LogP contribution is -2.63. The Kier molecular flexibility index (Phi) is 7.84. The minimum Gasteiger partial charge on any atom is -0.453 e. The fourth-order valence-corrected chi connectivity index (χ4v) is 9.27. The van der Waals surface area contributed by atoms with Crippen LogP contribution in [-0.4, -0.2) is 72.4 Å². The van der Waals surface area contributed by atoms with E-state index in [1.807, 2.05) is 13.8 Å². The molecule has 0 aliphatic heterocycles. The van der Waals surface area contributed by atoms with Crippen LogP contribution in [0.5, 0.6) is 0 Å². The quantitative estimate of drug-likeness (QED) is 0.305. The van der Waals surface area contributed by atoms with Crippen molar-refractivity contribution in [1.82, 2.24) is 0 Å². The Hall–Kier alpha value is -2.10. The maximum atomic E-state index is 13.5. The van der Waals surface area contributed by atoms with Crippen molar-refractivity contribution in [2.24, 2.45) is 28.6 Å². The normalized spacial score (nSPS) is 40.2. The van der Waals surface area contributed by atoms with Gasteiger partial charge in [-0.25, -0.2) is 4.79 Å². The van der Waals surface area contributed by atoms with E-state index in [4.69, 9.17) is 4.74 Å². The number of ether oxygens (including phenoxy) is 1. The Bertz CT molecular complexity index is 1240. The molecule has 232 valence electrons. The van der Waals surface area contributed by atoms with Gasteiger partial charge in [-0.3, -0.25) is 4.79 Å². The number of benzene rings is 1. The zero-order valence-electron chi connectivity index (χ0n) is 25.5. The van der Waals surface area contributed by atoms with Crippen LogP contribution >= 0.6 is 0 Å². The van der Waals surface area contributed by atoms with Crippen molar-refractivity contribution in [3.8, 4) is 0 Å². The number of hydrogen-bond donors (Lipinski definition) is 5. The molecule has 1 aromatic carbocycles. The Morgan fingerprint density at radius 2 is 1.71 bits per heavy atom. The van der Waals surface area contributed by atoms with Crippen LogP contribution in [0.15, 0.2) is 42.0 Å². The highest BCUT2D eigenvalue weighted by molar-refractivity contribution is 5.95. The van der Waals surface area contributed by atoms with Crippen LogP contribution < -0.4 is 0 Å². The minimum absolute atomic E-state index is 0.126. The predicted octanol–water partition coefficient (Wildman–Crippen LogP) is 3.72. The topological polar surface area (TPSA) is 145 Å². The predicted molar refractivity (Wildman–Crippen MR) is 156 cm³/mol. The van der Waals surface area contributed by atoms with Crippen LogP contribution in [0.2, 0.25) is 0 Å². The Balaban J connectivity index is 1.53. The summed E-state index contributed by atoms with van der Waals surface area (Å²) >= 11 is 0. The molecule has 0 saturated heterocycles. The zero-order valence-corrected chi connectivity index (χ0v) is 25.5. The highest BCUT2D eigenvalue weighted by atomic mass is 16.6. The molecular weight excluding hydrogens is 536 g/mol. The minimum atomic E-state index is -1.39. The van der Waals surface area contributed by atoms with E-state index >= 15 is 0 Å². The molecule has 8 nitrogen and oxygen atoms in total. The number of aliphatic hydroxyl groups excluding tert-OH is 3. The molecular formula is C34H48O8. The molecule has 1 aromatic rings. The fraction of sp³-hybridized carbons (Fsp3) is 0.706. The van der Waals surface area contributed by atoms with Gasteiger partial charge in [-0.15, -0.1) is 0 Å². The van der Waals surface area contributed by atoms with Gasteiger partial charge in [0.05, 0.1) is 35.1 Å². The molecule has 4 aliphatic carbocycles. The third-order valence-electron chi connectivity index (χ3n) is 11.8. The maximum absolute atomic E-state index is 13.5. The zero-order chi connectivity index (χ0) is 30.9. The first kappa shape index (κ1) is 31.3. The summed E-state index contributed by atoms with van der Waals surface area (Å²) in [6.45, 7) is 9.08. The monoisotopic (exact) mass is 584 g/mol. The van der Waals surface area contributed by atoms with Crippen LogP contribution in [0, 0.1) is 28.6 Å². The van der Waals surface area contributed by atoms with Crippen molar-refractivity contribution in [3.63, 3.8) is 0 Å². The molecule has 0 radical (unpaired) electrons. The number of carbonyl (C=O) groups excluding carboxylic acids is 2. The lowest BCUT2D eigenvalue weighted by Gasteiger charge is -2.61. The highest BCUT2D eigenvalue weighted by Crippen LogP contribution is 2.69. The average molecular weight is 585 g/mol.